The largest absolute Gasteiger partial charge is 0.443 e. The number of aromatic nitrogens is 1. The van der Waals surface area contributed by atoms with Crippen LogP contribution in [-0.4, -0.2) is 23.7 Å². The van der Waals surface area contributed by atoms with Crippen molar-refractivity contribution in [3.05, 3.63) is 48.7 Å². The van der Waals surface area contributed by atoms with E-state index in [0.29, 0.717) is 12.4 Å². The average Bonchev–Trinajstić information content (AvgIpc) is 2.90. The number of ether oxygens (including phenoxy) is 1. The minimum absolute atomic E-state index is 0.0750. The molecule has 0 radical (unpaired) electrons. The van der Waals surface area contributed by atoms with Gasteiger partial charge in [0.15, 0.2) is 0 Å². The number of hydrogen-bond acceptors (Lipinski definition) is 3. The molecule has 0 saturated carbocycles. The lowest BCUT2D eigenvalue weighted by Crippen LogP contribution is -2.31. The molecule has 1 aliphatic rings. The van der Waals surface area contributed by atoms with Gasteiger partial charge in [0.2, 0.25) is 0 Å². The highest BCUT2D eigenvalue weighted by molar-refractivity contribution is 5.88. The van der Waals surface area contributed by atoms with Crippen molar-refractivity contribution in [2.24, 2.45) is 5.41 Å². The Morgan fingerprint density at radius 2 is 1.82 bits per heavy atom. The maximum Gasteiger partial charge on any atom is 0.415 e. The number of carbonyl (C=O) groups excluding carboxylic acids is 1. The van der Waals surface area contributed by atoms with Gasteiger partial charge in [0.1, 0.15) is 11.9 Å². The van der Waals surface area contributed by atoms with Gasteiger partial charge in [-0.15, -0.1) is 0 Å². The zero-order valence-electron chi connectivity index (χ0n) is 13.1. The van der Waals surface area contributed by atoms with Crippen molar-refractivity contribution in [2.45, 2.75) is 26.9 Å². The van der Waals surface area contributed by atoms with Gasteiger partial charge in [-0.05, 0) is 17.7 Å². The first-order valence-electron chi connectivity index (χ1n) is 7.45. The van der Waals surface area contributed by atoms with Gasteiger partial charge in [0.05, 0.1) is 6.54 Å². The molecule has 0 N–H and O–H groups in total. The second-order valence-electron chi connectivity index (χ2n) is 6.62. The Morgan fingerprint density at radius 1 is 1.09 bits per heavy atom. The molecule has 3 rings (SSSR count). The third kappa shape index (κ3) is 2.82. The Labute approximate surface area is 130 Å². The summed E-state index contributed by atoms with van der Waals surface area (Å²) in [5.41, 5.74) is 2.07. The second-order valence-corrected chi connectivity index (χ2v) is 6.62. The van der Waals surface area contributed by atoms with Crippen molar-refractivity contribution >= 4 is 11.9 Å². The van der Waals surface area contributed by atoms with Crippen LogP contribution in [0.25, 0.3) is 11.1 Å². The average molecular weight is 296 g/mol. The second kappa shape index (κ2) is 5.44. The smallest absolute Gasteiger partial charge is 0.415 e. The highest BCUT2D eigenvalue weighted by atomic mass is 16.6. The van der Waals surface area contributed by atoms with E-state index in [4.69, 9.17) is 4.74 Å². The molecule has 22 heavy (non-hydrogen) atoms. The van der Waals surface area contributed by atoms with Crippen LogP contribution in [0.2, 0.25) is 0 Å². The van der Waals surface area contributed by atoms with Crippen LogP contribution >= 0.6 is 0 Å². The number of benzene rings is 1. The molecule has 1 aliphatic heterocycles. The molecule has 4 heteroatoms. The lowest BCUT2D eigenvalue weighted by Gasteiger charge is -2.24. The fraction of sp³-hybridized carbons (Fsp3) is 0.333. The first-order valence-corrected chi connectivity index (χ1v) is 7.45. The maximum absolute atomic E-state index is 12.1. The number of nitrogens with zero attached hydrogens (tertiary/aromatic N) is 2. The van der Waals surface area contributed by atoms with Gasteiger partial charge in [-0.3, -0.25) is 4.90 Å². The zero-order chi connectivity index (χ0) is 15.7. The highest BCUT2D eigenvalue weighted by Crippen LogP contribution is 2.31. The molecule has 4 nitrogen and oxygen atoms in total. The molecule has 0 aliphatic carbocycles. The fourth-order valence-electron chi connectivity index (χ4n) is 2.45. The topological polar surface area (TPSA) is 42.4 Å². The molecular weight excluding hydrogens is 276 g/mol. The number of hydrogen-bond donors (Lipinski definition) is 0. The summed E-state index contributed by atoms with van der Waals surface area (Å²) in [6.07, 6.45) is 1.36. The summed E-state index contributed by atoms with van der Waals surface area (Å²) in [6, 6.07) is 13.9. The van der Waals surface area contributed by atoms with Crippen LogP contribution in [0, 0.1) is 5.41 Å². The fourth-order valence-corrected chi connectivity index (χ4v) is 2.45. The maximum atomic E-state index is 12.1. The predicted molar refractivity (Wildman–Crippen MR) is 86.7 cm³/mol. The number of amides is 1. The third-order valence-electron chi connectivity index (χ3n) is 3.91. The Bertz CT molecular complexity index is 660. The first kappa shape index (κ1) is 14.6. The van der Waals surface area contributed by atoms with Crippen molar-refractivity contribution < 1.29 is 9.53 Å². The number of anilines is 1. The highest BCUT2D eigenvalue weighted by Gasteiger charge is 2.39. The predicted octanol–water partition coefficient (Wildman–Crippen LogP) is 4.12. The van der Waals surface area contributed by atoms with Crippen LogP contribution in [0.3, 0.4) is 0 Å². The number of cyclic esters (lactones) is 1. The summed E-state index contributed by atoms with van der Waals surface area (Å²) < 4.78 is 5.45. The summed E-state index contributed by atoms with van der Waals surface area (Å²) in [5, 5.41) is 0. The molecule has 0 bridgehead atoms. The minimum Gasteiger partial charge on any atom is -0.443 e. The first-order chi connectivity index (χ1) is 10.4. The van der Waals surface area contributed by atoms with Crippen molar-refractivity contribution in [3.63, 3.8) is 0 Å². The van der Waals surface area contributed by atoms with Crippen LogP contribution in [0.5, 0.6) is 0 Å². The third-order valence-corrected chi connectivity index (χ3v) is 3.91. The SMILES string of the molecule is CC(C)(C)C1CN(c2ccc(-c3ccccc3)cn2)C(=O)O1. The number of carbonyl (C=O) groups is 1. The minimum atomic E-state index is -0.320. The summed E-state index contributed by atoms with van der Waals surface area (Å²) in [4.78, 5) is 18.1. The van der Waals surface area contributed by atoms with Crippen LogP contribution in [0.4, 0.5) is 10.6 Å². The van der Waals surface area contributed by atoms with Crippen LogP contribution in [0.15, 0.2) is 48.7 Å². The van der Waals surface area contributed by atoms with E-state index in [1.807, 2.05) is 42.5 Å². The molecule has 1 aromatic carbocycles. The van der Waals surface area contributed by atoms with Crippen molar-refractivity contribution in [2.75, 3.05) is 11.4 Å². The van der Waals surface area contributed by atoms with Gasteiger partial charge in [-0.25, -0.2) is 9.78 Å². The van der Waals surface area contributed by atoms with Crippen LogP contribution < -0.4 is 4.90 Å². The van der Waals surface area contributed by atoms with E-state index in [9.17, 15) is 4.79 Å². The monoisotopic (exact) mass is 296 g/mol. The summed E-state index contributed by atoms with van der Waals surface area (Å²) >= 11 is 0. The molecular formula is C18H20N2O2. The molecule has 1 saturated heterocycles. The van der Waals surface area contributed by atoms with Gasteiger partial charge in [0, 0.05) is 17.2 Å². The molecule has 2 heterocycles. The Kier molecular flexibility index (Phi) is 3.61. The zero-order valence-corrected chi connectivity index (χ0v) is 13.1. The Balaban J connectivity index is 1.81. The molecule has 1 aromatic heterocycles. The van der Waals surface area contributed by atoms with Crippen molar-refractivity contribution in [1.29, 1.82) is 0 Å². The summed E-state index contributed by atoms with van der Waals surface area (Å²) in [7, 11) is 0. The van der Waals surface area contributed by atoms with Crippen molar-refractivity contribution in [1.82, 2.24) is 4.98 Å². The quantitative estimate of drug-likeness (QED) is 0.837. The van der Waals surface area contributed by atoms with E-state index >= 15 is 0 Å². The van der Waals surface area contributed by atoms with Gasteiger partial charge in [-0.2, -0.15) is 0 Å². The summed E-state index contributed by atoms with van der Waals surface area (Å²) in [6.45, 7) is 6.75. The Morgan fingerprint density at radius 3 is 2.36 bits per heavy atom. The van der Waals surface area contributed by atoms with Gasteiger partial charge in [-0.1, -0.05) is 51.1 Å². The van der Waals surface area contributed by atoms with Crippen molar-refractivity contribution in [3.8, 4) is 11.1 Å². The van der Waals surface area contributed by atoms with Crippen LogP contribution in [0.1, 0.15) is 20.8 Å². The standard InChI is InChI=1S/C18H20N2O2/c1-18(2,3)15-12-20(17(21)22-15)16-10-9-14(11-19-16)13-7-5-4-6-8-13/h4-11,15H,12H2,1-3H3. The lowest BCUT2D eigenvalue weighted by molar-refractivity contribution is 0.0728. The lowest BCUT2D eigenvalue weighted by atomic mass is 9.89. The van der Waals surface area contributed by atoms with E-state index in [1.54, 1.807) is 11.1 Å². The molecule has 0 spiro atoms. The van der Waals surface area contributed by atoms with E-state index < -0.39 is 0 Å². The van der Waals surface area contributed by atoms with E-state index in [2.05, 4.69) is 25.8 Å². The van der Waals surface area contributed by atoms with E-state index in [0.717, 1.165) is 11.1 Å². The number of pyridine rings is 1. The van der Waals surface area contributed by atoms with E-state index in [1.165, 1.54) is 0 Å². The molecule has 1 fully saturated rings. The number of rotatable bonds is 2. The molecule has 1 unspecified atom stereocenters. The van der Waals surface area contributed by atoms with E-state index in [-0.39, 0.29) is 17.6 Å². The van der Waals surface area contributed by atoms with Gasteiger partial charge in [0.25, 0.3) is 0 Å². The Hall–Kier alpha value is -2.36. The molecule has 2 aromatic rings. The molecule has 114 valence electrons. The summed E-state index contributed by atoms with van der Waals surface area (Å²) in [5.74, 6) is 0.636. The van der Waals surface area contributed by atoms with Gasteiger partial charge >= 0.3 is 6.09 Å². The molecule has 1 amide bonds. The molecule has 1 atom stereocenters. The van der Waals surface area contributed by atoms with Gasteiger partial charge < -0.3 is 4.74 Å². The van der Waals surface area contributed by atoms with Crippen LogP contribution in [-0.2, 0) is 4.74 Å². The normalized spacial score (nSPS) is 18.4.